The maximum atomic E-state index is 10.8. The van der Waals surface area contributed by atoms with E-state index in [0.29, 0.717) is 5.75 Å². The van der Waals surface area contributed by atoms with Crippen LogP contribution in [0.2, 0.25) is 0 Å². The molecule has 0 aliphatic heterocycles. The third-order valence-electron chi connectivity index (χ3n) is 1.88. The molecule has 1 aromatic carbocycles. The fraction of sp³-hybridized carbons (Fsp3) is 0.200. The average Bonchev–Trinajstić information content (AvgIpc) is 2.45. The van der Waals surface area contributed by atoms with Crippen LogP contribution in [0.15, 0.2) is 24.4 Å². The Balaban J connectivity index is 2.58. The summed E-state index contributed by atoms with van der Waals surface area (Å²) in [6.45, 7) is 1.38. The Kier molecular flexibility index (Phi) is 1.96. The van der Waals surface area contributed by atoms with Gasteiger partial charge in [-0.25, -0.2) is 0 Å². The zero-order valence-corrected chi connectivity index (χ0v) is 8.02. The molecule has 1 heterocycles. The van der Waals surface area contributed by atoms with E-state index in [1.807, 2.05) is 25.4 Å². The molecule has 0 atom stereocenters. The van der Waals surface area contributed by atoms with Crippen molar-refractivity contribution in [1.29, 1.82) is 0 Å². The van der Waals surface area contributed by atoms with Crippen molar-refractivity contribution in [3.05, 3.63) is 24.4 Å². The molecule has 4 heteroatoms. The molecule has 0 aliphatic rings. The number of benzene rings is 1. The third-order valence-corrected chi connectivity index (χ3v) is 1.88. The standard InChI is InChI=1S/C10H10N2O2/c1-7(13)14-10-5-3-4-9-8(10)6-12(2)11-9/h3-6H,1-2H3. The highest BCUT2D eigenvalue weighted by Gasteiger charge is 2.06. The maximum absolute atomic E-state index is 10.8. The van der Waals surface area contributed by atoms with Gasteiger partial charge in [0.05, 0.1) is 10.9 Å². The van der Waals surface area contributed by atoms with E-state index in [0.717, 1.165) is 10.9 Å². The van der Waals surface area contributed by atoms with Gasteiger partial charge in [-0.15, -0.1) is 0 Å². The first-order chi connectivity index (χ1) is 6.66. The number of aryl methyl sites for hydroxylation is 1. The molecule has 2 rings (SSSR count). The maximum Gasteiger partial charge on any atom is 0.308 e. The molecule has 0 saturated carbocycles. The Hall–Kier alpha value is -1.84. The number of carbonyl (C=O) groups excluding carboxylic acids is 1. The summed E-state index contributed by atoms with van der Waals surface area (Å²) >= 11 is 0. The SMILES string of the molecule is CC(=O)Oc1cccc2nn(C)cc12. The average molecular weight is 190 g/mol. The van der Waals surface area contributed by atoms with Crippen LogP contribution in [0, 0.1) is 0 Å². The molecule has 0 spiro atoms. The first-order valence-electron chi connectivity index (χ1n) is 4.27. The molecule has 14 heavy (non-hydrogen) atoms. The predicted octanol–water partition coefficient (Wildman–Crippen LogP) is 1.50. The zero-order valence-electron chi connectivity index (χ0n) is 8.02. The van der Waals surface area contributed by atoms with Gasteiger partial charge in [0, 0.05) is 20.2 Å². The molecular weight excluding hydrogens is 180 g/mol. The van der Waals surface area contributed by atoms with Crippen LogP contribution >= 0.6 is 0 Å². The lowest BCUT2D eigenvalue weighted by Crippen LogP contribution is -2.01. The number of esters is 1. The zero-order chi connectivity index (χ0) is 10.1. The van der Waals surface area contributed by atoms with Crippen LogP contribution in [0.3, 0.4) is 0 Å². The molecule has 2 aromatic rings. The third kappa shape index (κ3) is 1.46. The highest BCUT2D eigenvalue weighted by atomic mass is 16.5. The van der Waals surface area contributed by atoms with Crippen molar-refractivity contribution in [1.82, 2.24) is 9.78 Å². The van der Waals surface area contributed by atoms with Crippen molar-refractivity contribution in [2.45, 2.75) is 6.92 Å². The van der Waals surface area contributed by atoms with Gasteiger partial charge in [-0.3, -0.25) is 9.48 Å². The molecule has 1 aromatic heterocycles. The van der Waals surface area contributed by atoms with Crippen molar-refractivity contribution in [3.63, 3.8) is 0 Å². The Morgan fingerprint density at radius 3 is 3.00 bits per heavy atom. The second-order valence-corrected chi connectivity index (χ2v) is 3.09. The second-order valence-electron chi connectivity index (χ2n) is 3.09. The molecule has 0 radical (unpaired) electrons. The number of fused-ring (bicyclic) bond motifs is 1. The molecule has 4 nitrogen and oxygen atoms in total. The summed E-state index contributed by atoms with van der Waals surface area (Å²) in [5, 5.41) is 5.06. The first kappa shape index (κ1) is 8.74. The van der Waals surface area contributed by atoms with E-state index in [-0.39, 0.29) is 5.97 Å². The Morgan fingerprint density at radius 1 is 1.50 bits per heavy atom. The highest BCUT2D eigenvalue weighted by Crippen LogP contribution is 2.24. The van der Waals surface area contributed by atoms with Crippen LogP contribution in [-0.2, 0) is 11.8 Å². The summed E-state index contributed by atoms with van der Waals surface area (Å²) in [7, 11) is 1.83. The molecule has 0 fully saturated rings. The summed E-state index contributed by atoms with van der Waals surface area (Å²) in [5.74, 6) is 0.240. The van der Waals surface area contributed by atoms with Crippen molar-refractivity contribution < 1.29 is 9.53 Å². The molecule has 0 bridgehead atoms. The van der Waals surface area contributed by atoms with Gasteiger partial charge in [0.1, 0.15) is 5.75 Å². The lowest BCUT2D eigenvalue weighted by molar-refractivity contribution is -0.131. The minimum Gasteiger partial charge on any atom is -0.426 e. The minimum atomic E-state index is -0.318. The van der Waals surface area contributed by atoms with E-state index in [2.05, 4.69) is 5.10 Å². The lowest BCUT2D eigenvalue weighted by atomic mass is 10.2. The Bertz CT molecular complexity index is 488. The summed E-state index contributed by atoms with van der Waals surface area (Å²) in [5.41, 5.74) is 0.825. The predicted molar refractivity (Wildman–Crippen MR) is 52.0 cm³/mol. The van der Waals surface area contributed by atoms with E-state index in [1.165, 1.54) is 6.92 Å². The number of carbonyl (C=O) groups is 1. The number of ether oxygens (including phenoxy) is 1. The molecular formula is C10H10N2O2. The van der Waals surface area contributed by atoms with Crippen molar-refractivity contribution in [2.75, 3.05) is 0 Å². The molecule has 0 saturated heterocycles. The minimum absolute atomic E-state index is 0.318. The normalized spacial score (nSPS) is 10.4. The van der Waals surface area contributed by atoms with E-state index >= 15 is 0 Å². The van der Waals surface area contributed by atoms with Crippen LogP contribution in [0.5, 0.6) is 5.75 Å². The highest BCUT2D eigenvalue weighted by molar-refractivity contribution is 5.87. The summed E-state index contributed by atoms with van der Waals surface area (Å²) in [4.78, 5) is 10.8. The van der Waals surface area contributed by atoms with Crippen molar-refractivity contribution in [3.8, 4) is 5.75 Å². The number of rotatable bonds is 1. The van der Waals surface area contributed by atoms with Crippen LogP contribution in [-0.4, -0.2) is 15.7 Å². The van der Waals surface area contributed by atoms with Gasteiger partial charge in [0.25, 0.3) is 0 Å². The van der Waals surface area contributed by atoms with Crippen molar-refractivity contribution in [2.24, 2.45) is 7.05 Å². The van der Waals surface area contributed by atoms with Crippen LogP contribution in [0.25, 0.3) is 10.9 Å². The molecule has 72 valence electrons. The monoisotopic (exact) mass is 190 g/mol. The molecule has 0 unspecified atom stereocenters. The number of hydrogen-bond acceptors (Lipinski definition) is 3. The molecule has 0 aliphatic carbocycles. The van der Waals surface area contributed by atoms with E-state index in [4.69, 9.17) is 4.74 Å². The number of aromatic nitrogens is 2. The van der Waals surface area contributed by atoms with Gasteiger partial charge in [-0.2, -0.15) is 5.10 Å². The van der Waals surface area contributed by atoms with Crippen LogP contribution < -0.4 is 4.74 Å². The van der Waals surface area contributed by atoms with Crippen molar-refractivity contribution >= 4 is 16.9 Å². The van der Waals surface area contributed by atoms with E-state index in [9.17, 15) is 4.79 Å². The van der Waals surface area contributed by atoms with Crippen LogP contribution in [0.1, 0.15) is 6.92 Å². The van der Waals surface area contributed by atoms with Gasteiger partial charge < -0.3 is 4.74 Å². The smallest absolute Gasteiger partial charge is 0.308 e. The van der Waals surface area contributed by atoms with E-state index in [1.54, 1.807) is 10.7 Å². The summed E-state index contributed by atoms with van der Waals surface area (Å²) < 4.78 is 6.74. The van der Waals surface area contributed by atoms with Gasteiger partial charge in [0.15, 0.2) is 0 Å². The summed E-state index contributed by atoms with van der Waals surface area (Å²) in [6.07, 6.45) is 1.83. The Morgan fingerprint density at radius 2 is 2.29 bits per heavy atom. The van der Waals surface area contributed by atoms with Gasteiger partial charge in [0.2, 0.25) is 0 Å². The Labute approximate surface area is 81.1 Å². The van der Waals surface area contributed by atoms with Gasteiger partial charge in [-0.05, 0) is 12.1 Å². The van der Waals surface area contributed by atoms with Gasteiger partial charge in [-0.1, -0.05) is 6.07 Å². The fourth-order valence-electron chi connectivity index (χ4n) is 1.38. The summed E-state index contributed by atoms with van der Waals surface area (Å²) in [6, 6.07) is 5.45. The van der Waals surface area contributed by atoms with Gasteiger partial charge >= 0.3 is 5.97 Å². The topological polar surface area (TPSA) is 44.1 Å². The first-order valence-corrected chi connectivity index (χ1v) is 4.27. The molecule has 0 amide bonds. The van der Waals surface area contributed by atoms with Crippen LogP contribution in [0.4, 0.5) is 0 Å². The largest absolute Gasteiger partial charge is 0.426 e. The lowest BCUT2D eigenvalue weighted by Gasteiger charge is -2.00. The quantitative estimate of drug-likeness (QED) is 0.505. The molecule has 0 N–H and O–H groups in total. The second kappa shape index (κ2) is 3.14. The number of hydrogen-bond donors (Lipinski definition) is 0. The van der Waals surface area contributed by atoms with E-state index < -0.39 is 0 Å². The fourth-order valence-corrected chi connectivity index (χ4v) is 1.38. The number of nitrogens with zero attached hydrogens (tertiary/aromatic N) is 2.